The van der Waals surface area contributed by atoms with E-state index < -0.39 is 0 Å². The number of nitrogens with zero attached hydrogens (tertiary/aromatic N) is 3. The Hall–Kier alpha value is -2.86. The van der Waals surface area contributed by atoms with Crippen molar-refractivity contribution in [3.63, 3.8) is 0 Å². The Morgan fingerprint density at radius 2 is 1.65 bits per heavy atom. The number of amides is 1. The Kier molecular flexibility index (Phi) is 5.89. The van der Waals surface area contributed by atoms with Gasteiger partial charge in [0.2, 0.25) is 5.91 Å². The predicted molar refractivity (Wildman–Crippen MR) is 120 cm³/mol. The Bertz CT molecular complexity index is 910. The summed E-state index contributed by atoms with van der Waals surface area (Å²) in [5.41, 5.74) is 2.47. The van der Waals surface area contributed by atoms with Crippen LogP contribution in [0.4, 0.5) is 0 Å². The molecule has 2 atom stereocenters. The Morgan fingerprint density at radius 1 is 0.968 bits per heavy atom. The van der Waals surface area contributed by atoms with Gasteiger partial charge in [-0.05, 0) is 24.0 Å². The van der Waals surface area contributed by atoms with Gasteiger partial charge in [-0.15, -0.1) is 0 Å². The topological polar surface area (TPSA) is 57.2 Å². The number of hydrogen-bond acceptors (Lipinski definition) is 5. The van der Waals surface area contributed by atoms with E-state index in [0.717, 1.165) is 57.0 Å². The van der Waals surface area contributed by atoms with Crippen molar-refractivity contribution >= 4 is 11.7 Å². The number of rotatable bonds is 5. The smallest absolute Gasteiger partial charge is 0.223 e. The molecule has 0 aromatic heterocycles. The van der Waals surface area contributed by atoms with Crippen LogP contribution in [0.25, 0.3) is 0 Å². The van der Waals surface area contributed by atoms with E-state index in [1.165, 1.54) is 5.56 Å². The van der Waals surface area contributed by atoms with E-state index in [-0.39, 0.29) is 17.9 Å². The number of piperidine rings is 1. The molecule has 1 amide bonds. The predicted octanol–water partition coefficient (Wildman–Crippen LogP) is 2.86. The zero-order valence-corrected chi connectivity index (χ0v) is 17.8. The van der Waals surface area contributed by atoms with Gasteiger partial charge in [-0.25, -0.2) is 0 Å². The third kappa shape index (κ3) is 4.59. The minimum absolute atomic E-state index is 0.0804. The summed E-state index contributed by atoms with van der Waals surface area (Å²) < 4.78 is 0. The maximum Gasteiger partial charge on any atom is 0.223 e. The first-order valence-corrected chi connectivity index (χ1v) is 11.3. The van der Waals surface area contributed by atoms with Crippen LogP contribution < -0.4 is 5.32 Å². The van der Waals surface area contributed by atoms with Crippen LogP contribution in [0.2, 0.25) is 0 Å². The molecular formula is C25H30N4O2. The van der Waals surface area contributed by atoms with Gasteiger partial charge in [-0.3, -0.25) is 9.69 Å². The minimum Gasteiger partial charge on any atom is -0.389 e. The molecule has 3 heterocycles. The Morgan fingerprint density at radius 3 is 2.35 bits per heavy atom. The zero-order valence-electron chi connectivity index (χ0n) is 17.8. The van der Waals surface area contributed by atoms with E-state index in [4.69, 9.17) is 4.84 Å². The van der Waals surface area contributed by atoms with Crippen molar-refractivity contribution in [2.24, 2.45) is 17.0 Å². The Labute approximate surface area is 183 Å². The van der Waals surface area contributed by atoms with E-state index in [1.807, 2.05) is 30.3 Å². The second kappa shape index (κ2) is 9.10. The number of likely N-dealkylation sites (tertiary alicyclic amines) is 2. The molecule has 1 N–H and O–H groups in total. The van der Waals surface area contributed by atoms with Crippen LogP contribution in [0.5, 0.6) is 0 Å². The lowest BCUT2D eigenvalue weighted by Gasteiger charge is -2.33. The Balaban J connectivity index is 1.10. The van der Waals surface area contributed by atoms with Crippen LogP contribution in [0, 0.1) is 11.8 Å². The molecule has 0 radical (unpaired) electrons. The number of carbonyl (C=O) groups is 1. The van der Waals surface area contributed by atoms with Crippen molar-refractivity contribution < 1.29 is 9.63 Å². The van der Waals surface area contributed by atoms with Gasteiger partial charge in [-0.1, -0.05) is 65.8 Å². The largest absolute Gasteiger partial charge is 0.389 e. The summed E-state index contributed by atoms with van der Waals surface area (Å²) in [6, 6.07) is 20.7. The molecule has 0 aliphatic carbocycles. The molecule has 0 bridgehead atoms. The minimum atomic E-state index is 0.0804. The summed E-state index contributed by atoms with van der Waals surface area (Å²) in [5, 5.41) is 7.55. The number of nitrogens with one attached hydrogen (secondary N) is 1. The second-order valence-corrected chi connectivity index (χ2v) is 8.84. The van der Waals surface area contributed by atoms with Gasteiger partial charge >= 0.3 is 0 Å². The second-order valence-electron chi connectivity index (χ2n) is 8.84. The molecule has 0 spiro atoms. The average molecular weight is 419 g/mol. The van der Waals surface area contributed by atoms with Crippen LogP contribution in [-0.2, 0) is 22.7 Å². The third-order valence-corrected chi connectivity index (χ3v) is 6.70. The number of amidine groups is 1. The molecule has 162 valence electrons. The highest BCUT2D eigenvalue weighted by Gasteiger charge is 2.44. The van der Waals surface area contributed by atoms with Crippen LogP contribution >= 0.6 is 0 Å². The molecular weight excluding hydrogens is 388 g/mol. The van der Waals surface area contributed by atoms with Crippen LogP contribution in [0.3, 0.4) is 0 Å². The molecule has 2 aromatic carbocycles. The van der Waals surface area contributed by atoms with Crippen molar-refractivity contribution in [2.75, 3.05) is 26.2 Å². The molecule has 2 fully saturated rings. The first kappa shape index (κ1) is 20.1. The highest BCUT2D eigenvalue weighted by Crippen LogP contribution is 2.31. The fraction of sp³-hybridized carbons (Fsp3) is 0.440. The fourth-order valence-corrected chi connectivity index (χ4v) is 4.96. The summed E-state index contributed by atoms with van der Waals surface area (Å²) in [4.78, 5) is 23.2. The molecule has 0 saturated carbocycles. The zero-order chi connectivity index (χ0) is 21.0. The standard InChI is InChI=1S/C25H30N4O2/c30-25(26-15-19-7-3-1-4-8-19)21-11-13-29(14-12-21)24-22-17-28(18-23(22)31-27-24)16-20-9-5-2-6-10-20/h1-10,21-23H,11-18H2,(H,26,30)/t22-,23-/m1/s1. The quantitative estimate of drug-likeness (QED) is 0.811. The highest BCUT2D eigenvalue weighted by molar-refractivity contribution is 5.87. The summed E-state index contributed by atoms with van der Waals surface area (Å²) in [6.07, 6.45) is 1.89. The SMILES string of the molecule is O=C(NCc1ccccc1)C1CCN(C2=NO[C@@H]3CN(Cc4ccccc4)C[C@@H]23)CC1. The third-order valence-electron chi connectivity index (χ3n) is 6.70. The number of hydrogen-bond donors (Lipinski definition) is 1. The number of carbonyl (C=O) groups excluding carboxylic acids is 1. The molecule has 31 heavy (non-hydrogen) atoms. The summed E-state index contributed by atoms with van der Waals surface area (Å²) in [6.45, 7) is 5.19. The van der Waals surface area contributed by atoms with Gasteiger partial charge in [0.15, 0.2) is 11.9 Å². The van der Waals surface area contributed by atoms with Gasteiger partial charge in [0.25, 0.3) is 0 Å². The summed E-state index contributed by atoms with van der Waals surface area (Å²) in [5.74, 6) is 1.67. The van der Waals surface area contributed by atoms with E-state index in [1.54, 1.807) is 0 Å². The van der Waals surface area contributed by atoms with Crippen molar-refractivity contribution in [1.29, 1.82) is 0 Å². The van der Waals surface area contributed by atoms with Crippen LogP contribution in [-0.4, -0.2) is 53.8 Å². The van der Waals surface area contributed by atoms with E-state index >= 15 is 0 Å². The summed E-state index contributed by atoms with van der Waals surface area (Å²) >= 11 is 0. The summed E-state index contributed by atoms with van der Waals surface area (Å²) in [7, 11) is 0. The first-order chi connectivity index (χ1) is 15.3. The highest BCUT2D eigenvalue weighted by atomic mass is 16.6. The molecule has 6 heteroatoms. The molecule has 2 saturated heterocycles. The maximum absolute atomic E-state index is 12.6. The molecule has 0 unspecified atom stereocenters. The molecule has 2 aromatic rings. The van der Waals surface area contributed by atoms with Gasteiger partial charge < -0.3 is 15.1 Å². The lowest BCUT2D eigenvalue weighted by Crippen LogP contribution is -2.45. The van der Waals surface area contributed by atoms with Gasteiger partial charge in [0.1, 0.15) is 0 Å². The molecule has 6 nitrogen and oxygen atoms in total. The number of oxime groups is 1. The first-order valence-electron chi connectivity index (χ1n) is 11.3. The van der Waals surface area contributed by atoms with Crippen molar-refractivity contribution in [3.05, 3.63) is 71.8 Å². The average Bonchev–Trinajstić information content (AvgIpc) is 3.39. The van der Waals surface area contributed by atoms with Gasteiger partial charge in [-0.2, -0.15) is 0 Å². The van der Waals surface area contributed by atoms with Crippen LogP contribution in [0.1, 0.15) is 24.0 Å². The van der Waals surface area contributed by atoms with Gasteiger partial charge in [0.05, 0.1) is 5.92 Å². The fourth-order valence-electron chi connectivity index (χ4n) is 4.96. The molecule has 3 aliphatic heterocycles. The van der Waals surface area contributed by atoms with Crippen LogP contribution in [0.15, 0.2) is 65.8 Å². The van der Waals surface area contributed by atoms with E-state index in [0.29, 0.717) is 12.5 Å². The number of fused-ring (bicyclic) bond motifs is 1. The monoisotopic (exact) mass is 418 g/mol. The maximum atomic E-state index is 12.6. The van der Waals surface area contributed by atoms with Crippen molar-refractivity contribution in [2.45, 2.75) is 32.0 Å². The van der Waals surface area contributed by atoms with Gasteiger partial charge in [0, 0.05) is 45.2 Å². The van der Waals surface area contributed by atoms with E-state index in [2.05, 4.69) is 50.6 Å². The number of benzene rings is 2. The lowest BCUT2D eigenvalue weighted by atomic mass is 9.94. The van der Waals surface area contributed by atoms with E-state index in [9.17, 15) is 4.79 Å². The van der Waals surface area contributed by atoms with Crippen molar-refractivity contribution in [1.82, 2.24) is 15.1 Å². The molecule has 3 aliphatic rings. The van der Waals surface area contributed by atoms with Crippen molar-refractivity contribution in [3.8, 4) is 0 Å². The molecule has 5 rings (SSSR count). The lowest BCUT2D eigenvalue weighted by molar-refractivity contribution is -0.126. The normalized spacial score (nSPS) is 23.9.